The summed E-state index contributed by atoms with van der Waals surface area (Å²) in [7, 11) is 0. The van der Waals surface area contributed by atoms with Crippen LogP contribution in [0.1, 0.15) is 0 Å². The van der Waals surface area contributed by atoms with Crippen molar-refractivity contribution in [3.63, 3.8) is 0 Å². The number of aliphatic carboxylic acids is 1. The number of allylic oxidation sites excluding steroid dienone is 2. The van der Waals surface area contributed by atoms with Crippen molar-refractivity contribution < 1.29 is 44.6 Å². The minimum Gasteiger partial charge on any atom is -0.481 e. The maximum absolute atomic E-state index is 11.9. The number of nitrogens with one attached hydrogen (secondary N) is 1. The second kappa shape index (κ2) is 6.73. The number of rotatable bonds is 4. The van der Waals surface area contributed by atoms with Crippen molar-refractivity contribution in [2.75, 3.05) is 6.61 Å². The molecule has 8 unspecified atom stereocenters. The number of ether oxygens (including phenoxy) is 2. The van der Waals surface area contributed by atoms with Crippen molar-refractivity contribution in [1.29, 1.82) is 0 Å². The van der Waals surface area contributed by atoms with Gasteiger partial charge in [-0.15, -0.1) is 0 Å². The van der Waals surface area contributed by atoms with E-state index in [-0.39, 0.29) is 5.76 Å². The lowest BCUT2D eigenvalue weighted by molar-refractivity contribution is -0.292. The molecule has 0 spiro atoms. The average molecular weight is 357 g/mol. The fourth-order valence-corrected chi connectivity index (χ4v) is 3.26. The monoisotopic (exact) mass is 357 g/mol. The Morgan fingerprint density at radius 2 is 1.96 bits per heavy atom. The molecule has 2 fully saturated rings. The zero-order chi connectivity index (χ0) is 18.3. The fourth-order valence-electron chi connectivity index (χ4n) is 3.26. The highest BCUT2D eigenvalue weighted by molar-refractivity contribution is 6.00. The highest BCUT2D eigenvalue weighted by Gasteiger charge is 2.50. The lowest BCUT2D eigenvalue weighted by Gasteiger charge is -2.40. The number of fused-ring (bicyclic) bond motifs is 1. The SMILES string of the molecule is O=C(O)C1C(=O)NC2C(OC3OC(CO)C(O)C(O)C3O)=CC=CC21. The Hall–Kier alpha value is -1.98. The van der Waals surface area contributed by atoms with Gasteiger partial charge >= 0.3 is 5.97 Å². The van der Waals surface area contributed by atoms with Crippen LogP contribution in [0.3, 0.4) is 0 Å². The number of aliphatic hydroxyl groups excluding tert-OH is 4. The molecular formula is C15H19NO9. The number of carbonyl (C=O) groups is 2. The molecule has 2 saturated heterocycles. The van der Waals surface area contributed by atoms with Crippen LogP contribution >= 0.6 is 0 Å². The largest absolute Gasteiger partial charge is 0.481 e. The first kappa shape index (κ1) is 17.8. The third-order valence-corrected chi connectivity index (χ3v) is 4.62. The van der Waals surface area contributed by atoms with Gasteiger partial charge in [0.15, 0.2) is 0 Å². The highest BCUT2D eigenvalue weighted by Crippen LogP contribution is 2.34. The molecule has 25 heavy (non-hydrogen) atoms. The number of carbonyl (C=O) groups excluding carboxylic acids is 1. The van der Waals surface area contributed by atoms with Crippen LogP contribution in [0.2, 0.25) is 0 Å². The quantitative estimate of drug-likeness (QED) is 0.289. The number of hydrogen-bond donors (Lipinski definition) is 6. The summed E-state index contributed by atoms with van der Waals surface area (Å²) >= 11 is 0. The molecule has 0 bridgehead atoms. The molecule has 138 valence electrons. The summed E-state index contributed by atoms with van der Waals surface area (Å²) in [5, 5.41) is 50.5. The Labute approximate surface area is 142 Å². The van der Waals surface area contributed by atoms with Crippen molar-refractivity contribution in [2.45, 2.75) is 36.7 Å². The molecule has 2 aliphatic heterocycles. The molecule has 6 N–H and O–H groups in total. The number of carboxylic acids is 1. The van der Waals surface area contributed by atoms with Gasteiger partial charge in [-0.05, 0) is 6.08 Å². The Balaban J connectivity index is 1.77. The van der Waals surface area contributed by atoms with Gasteiger partial charge < -0.3 is 40.3 Å². The van der Waals surface area contributed by atoms with Crippen molar-refractivity contribution >= 4 is 11.9 Å². The van der Waals surface area contributed by atoms with Crippen LogP contribution in [0, 0.1) is 11.8 Å². The fraction of sp³-hybridized carbons (Fsp3) is 0.600. The molecule has 2 heterocycles. The molecule has 3 aliphatic rings. The van der Waals surface area contributed by atoms with Crippen LogP contribution in [0.25, 0.3) is 0 Å². The second-order valence-electron chi connectivity index (χ2n) is 6.15. The molecule has 0 aromatic carbocycles. The summed E-state index contributed by atoms with van der Waals surface area (Å²) in [5.74, 6) is -3.70. The predicted octanol–water partition coefficient (Wildman–Crippen LogP) is -2.93. The van der Waals surface area contributed by atoms with Crippen molar-refractivity contribution in [1.82, 2.24) is 5.32 Å². The van der Waals surface area contributed by atoms with Gasteiger partial charge in [0, 0.05) is 5.92 Å². The van der Waals surface area contributed by atoms with Gasteiger partial charge in [0.1, 0.15) is 36.1 Å². The highest BCUT2D eigenvalue weighted by atomic mass is 16.7. The van der Waals surface area contributed by atoms with E-state index in [1.54, 1.807) is 6.08 Å². The van der Waals surface area contributed by atoms with Crippen molar-refractivity contribution in [2.24, 2.45) is 11.8 Å². The van der Waals surface area contributed by atoms with Crippen molar-refractivity contribution in [3.8, 4) is 0 Å². The van der Waals surface area contributed by atoms with Gasteiger partial charge in [-0.1, -0.05) is 12.2 Å². The minimum atomic E-state index is -1.60. The first-order valence-corrected chi connectivity index (χ1v) is 7.74. The smallest absolute Gasteiger partial charge is 0.316 e. The molecule has 8 atom stereocenters. The Morgan fingerprint density at radius 3 is 2.60 bits per heavy atom. The van der Waals surface area contributed by atoms with Crippen LogP contribution in [0.5, 0.6) is 0 Å². The van der Waals surface area contributed by atoms with Gasteiger partial charge in [0.2, 0.25) is 12.2 Å². The van der Waals surface area contributed by atoms with E-state index >= 15 is 0 Å². The van der Waals surface area contributed by atoms with Crippen molar-refractivity contribution in [3.05, 3.63) is 24.0 Å². The summed E-state index contributed by atoms with van der Waals surface area (Å²) in [6.07, 6.45) is -2.69. The Bertz CT molecular complexity index is 616. The molecule has 0 aromatic rings. The van der Waals surface area contributed by atoms with Gasteiger partial charge in [-0.2, -0.15) is 0 Å². The standard InChI is InChI=1S/C15H19NO9/c17-4-7-10(18)11(19)12(20)15(25-7)24-6-3-1-2-5-8(14(22)23)13(21)16-9(5)6/h1-3,5,7-12,15,17-20H,4H2,(H,16,21)(H,22,23). The molecule has 1 aliphatic carbocycles. The normalized spacial score (nSPS) is 43.2. The first-order valence-electron chi connectivity index (χ1n) is 7.74. The van der Waals surface area contributed by atoms with Crippen LogP contribution in [-0.4, -0.2) is 80.8 Å². The number of hydrogen-bond acceptors (Lipinski definition) is 8. The van der Waals surface area contributed by atoms with Crippen LogP contribution in [-0.2, 0) is 19.1 Å². The molecular weight excluding hydrogens is 338 g/mol. The van der Waals surface area contributed by atoms with E-state index in [0.29, 0.717) is 0 Å². The molecule has 0 radical (unpaired) electrons. The second-order valence-corrected chi connectivity index (χ2v) is 6.15. The summed E-state index contributed by atoms with van der Waals surface area (Å²) < 4.78 is 10.8. The number of carboxylic acid groups (broad SMARTS) is 1. The van der Waals surface area contributed by atoms with E-state index in [1.165, 1.54) is 12.2 Å². The molecule has 0 saturated carbocycles. The van der Waals surface area contributed by atoms with Gasteiger partial charge in [0.25, 0.3) is 0 Å². The first-order chi connectivity index (χ1) is 11.8. The number of amides is 1. The maximum atomic E-state index is 11.9. The predicted molar refractivity (Wildman–Crippen MR) is 78.6 cm³/mol. The maximum Gasteiger partial charge on any atom is 0.316 e. The van der Waals surface area contributed by atoms with Gasteiger partial charge in [0.05, 0.1) is 12.6 Å². The van der Waals surface area contributed by atoms with Crippen LogP contribution < -0.4 is 5.32 Å². The molecule has 10 nitrogen and oxygen atoms in total. The van der Waals surface area contributed by atoms with E-state index < -0.39 is 67.1 Å². The van der Waals surface area contributed by atoms with Crippen LogP contribution in [0.4, 0.5) is 0 Å². The zero-order valence-electron chi connectivity index (χ0n) is 12.9. The van der Waals surface area contributed by atoms with E-state index in [2.05, 4.69) is 5.32 Å². The number of aliphatic hydroxyl groups is 4. The van der Waals surface area contributed by atoms with E-state index in [9.17, 15) is 35.1 Å². The molecule has 1 amide bonds. The summed E-state index contributed by atoms with van der Waals surface area (Å²) in [4.78, 5) is 23.2. The summed E-state index contributed by atoms with van der Waals surface area (Å²) in [5.41, 5.74) is 0. The Morgan fingerprint density at radius 1 is 1.24 bits per heavy atom. The van der Waals surface area contributed by atoms with E-state index in [1.807, 2.05) is 0 Å². The van der Waals surface area contributed by atoms with Crippen LogP contribution in [0.15, 0.2) is 24.0 Å². The van der Waals surface area contributed by atoms with Gasteiger partial charge in [-0.25, -0.2) is 0 Å². The van der Waals surface area contributed by atoms with Gasteiger partial charge in [-0.3, -0.25) is 9.59 Å². The molecule has 3 rings (SSSR count). The minimum absolute atomic E-state index is 0.147. The average Bonchev–Trinajstić information content (AvgIpc) is 2.92. The lowest BCUT2D eigenvalue weighted by Crippen LogP contribution is -2.59. The zero-order valence-corrected chi connectivity index (χ0v) is 12.9. The summed E-state index contributed by atoms with van der Waals surface area (Å²) in [6, 6.07) is -0.758. The molecule has 10 heteroatoms. The Kier molecular flexibility index (Phi) is 4.80. The van der Waals surface area contributed by atoms with E-state index in [0.717, 1.165) is 0 Å². The topological polar surface area (TPSA) is 166 Å². The summed E-state index contributed by atoms with van der Waals surface area (Å²) in [6.45, 7) is -0.604. The van der Waals surface area contributed by atoms with E-state index in [4.69, 9.17) is 9.47 Å². The third-order valence-electron chi connectivity index (χ3n) is 4.62. The third kappa shape index (κ3) is 3.02. The molecule has 0 aromatic heterocycles. The lowest BCUT2D eigenvalue weighted by atomic mass is 9.86.